The predicted molar refractivity (Wildman–Crippen MR) is 114 cm³/mol. The minimum atomic E-state index is -0.553. The number of halogens is 2. The van der Waals surface area contributed by atoms with Crippen molar-refractivity contribution in [1.29, 1.82) is 0 Å². The number of ether oxygens (including phenoxy) is 2. The minimum Gasteiger partial charge on any atom is -0.454 e. The molecule has 5 nitrogen and oxygen atoms in total. The van der Waals surface area contributed by atoms with E-state index < -0.39 is 5.82 Å². The zero-order valence-electron chi connectivity index (χ0n) is 17.2. The maximum atomic E-state index is 13.8. The van der Waals surface area contributed by atoms with Gasteiger partial charge < -0.3 is 9.47 Å². The second-order valence-corrected chi connectivity index (χ2v) is 9.41. The Balaban J connectivity index is 1.66. The highest BCUT2D eigenvalue weighted by Gasteiger charge is 2.44. The normalized spacial score (nSPS) is 22.1. The summed E-state index contributed by atoms with van der Waals surface area (Å²) in [6.07, 6.45) is 1.08. The highest BCUT2D eigenvalue weighted by Crippen LogP contribution is 2.49. The van der Waals surface area contributed by atoms with Crippen LogP contribution < -0.4 is 14.4 Å². The number of nitrogens with zero attached hydrogens (tertiary/aromatic N) is 1. The van der Waals surface area contributed by atoms with Crippen LogP contribution in [-0.4, -0.2) is 18.5 Å². The predicted octanol–water partition coefficient (Wildman–Crippen LogP) is 5.37. The second kappa shape index (κ2) is 7.09. The van der Waals surface area contributed by atoms with Crippen molar-refractivity contribution in [3.05, 3.63) is 64.1 Å². The number of anilines is 1. The Morgan fingerprint density at radius 2 is 1.84 bits per heavy atom. The molecular formula is C24H21ClFNO4. The number of Topliss-reactive ketones (excluding diaryl/α,β-unsaturated/α-hetero) is 1. The molecule has 0 saturated heterocycles. The lowest BCUT2D eigenvalue weighted by molar-refractivity contribution is -0.121. The van der Waals surface area contributed by atoms with Gasteiger partial charge in [0.2, 0.25) is 12.7 Å². The van der Waals surface area contributed by atoms with Crippen LogP contribution in [0.4, 0.5) is 10.1 Å². The van der Waals surface area contributed by atoms with Gasteiger partial charge in [0.05, 0.1) is 10.7 Å². The van der Waals surface area contributed by atoms with Gasteiger partial charge in [-0.05, 0) is 47.7 Å². The zero-order valence-corrected chi connectivity index (χ0v) is 18.0. The molecule has 5 rings (SSSR count). The molecule has 2 aromatic carbocycles. The summed E-state index contributed by atoms with van der Waals surface area (Å²) in [5, 5.41) is -0.0632. The van der Waals surface area contributed by atoms with Gasteiger partial charge in [0.15, 0.2) is 17.3 Å². The standard InChI is InChI=1S/C24H21ClFNO4/c1-24(2)10-18-23(19(28)11-24)15(13-3-6-20-21(7-13)31-12-30-20)9-22(29)27(18)14-4-5-17(26)16(25)8-14/h3-8,15H,9-12H2,1-2H3. The van der Waals surface area contributed by atoms with Crippen LogP contribution in [0.2, 0.25) is 5.02 Å². The number of amides is 1. The van der Waals surface area contributed by atoms with Crippen LogP contribution in [0, 0.1) is 11.2 Å². The Kier molecular flexibility index (Phi) is 4.59. The number of allylic oxidation sites excluding steroid dienone is 2. The highest BCUT2D eigenvalue weighted by atomic mass is 35.5. The quantitative estimate of drug-likeness (QED) is 0.628. The van der Waals surface area contributed by atoms with E-state index in [0.717, 1.165) is 5.56 Å². The molecule has 2 heterocycles. The van der Waals surface area contributed by atoms with Gasteiger partial charge in [0, 0.05) is 30.0 Å². The monoisotopic (exact) mass is 441 g/mol. The number of hydrogen-bond donors (Lipinski definition) is 0. The van der Waals surface area contributed by atoms with E-state index in [4.69, 9.17) is 21.1 Å². The van der Waals surface area contributed by atoms with Crippen molar-refractivity contribution in [2.24, 2.45) is 5.41 Å². The van der Waals surface area contributed by atoms with Crippen LogP contribution in [0.1, 0.15) is 44.6 Å². The molecule has 31 heavy (non-hydrogen) atoms. The van der Waals surface area contributed by atoms with Gasteiger partial charge in [-0.3, -0.25) is 14.5 Å². The maximum absolute atomic E-state index is 13.8. The first-order valence-corrected chi connectivity index (χ1v) is 10.6. The van der Waals surface area contributed by atoms with Gasteiger partial charge in [-0.15, -0.1) is 0 Å². The van der Waals surface area contributed by atoms with Crippen molar-refractivity contribution in [3.8, 4) is 11.5 Å². The Bertz CT molecular complexity index is 1160. The van der Waals surface area contributed by atoms with Crippen molar-refractivity contribution in [2.75, 3.05) is 11.7 Å². The van der Waals surface area contributed by atoms with Crippen LogP contribution in [0.25, 0.3) is 0 Å². The van der Waals surface area contributed by atoms with E-state index in [1.807, 2.05) is 32.0 Å². The van der Waals surface area contributed by atoms with Crippen molar-refractivity contribution in [2.45, 2.75) is 39.0 Å². The van der Waals surface area contributed by atoms with E-state index in [1.54, 1.807) is 4.90 Å². The number of carbonyl (C=O) groups excluding carboxylic acids is 2. The number of carbonyl (C=O) groups is 2. The molecule has 0 aromatic heterocycles. The molecule has 1 unspecified atom stereocenters. The summed E-state index contributed by atoms with van der Waals surface area (Å²) < 4.78 is 24.6. The number of rotatable bonds is 2. The summed E-state index contributed by atoms with van der Waals surface area (Å²) >= 11 is 6.00. The highest BCUT2D eigenvalue weighted by molar-refractivity contribution is 6.31. The maximum Gasteiger partial charge on any atom is 0.232 e. The molecule has 2 aliphatic heterocycles. The Hall–Kier alpha value is -2.86. The molecule has 0 saturated carbocycles. The topological polar surface area (TPSA) is 55.8 Å². The van der Waals surface area contributed by atoms with Crippen molar-refractivity contribution < 1.29 is 23.5 Å². The van der Waals surface area contributed by atoms with Gasteiger partial charge in [0.1, 0.15) is 5.82 Å². The lowest BCUT2D eigenvalue weighted by atomic mass is 9.69. The van der Waals surface area contributed by atoms with E-state index in [0.29, 0.717) is 41.3 Å². The van der Waals surface area contributed by atoms with E-state index in [2.05, 4.69) is 0 Å². The molecule has 1 atom stereocenters. The molecule has 1 amide bonds. The largest absolute Gasteiger partial charge is 0.454 e. The third-order valence-electron chi connectivity index (χ3n) is 6.10. The Morgan fingerprint density at radius 1 is 1.06 bits per heavy atom. The molecule has 3 aliphatic rings. The molecule has 0 spiro atoms. The molecular weight excluding hydrogens is 421 g/mol. The summed E-state index contributed by atoms with van der Waals surface area (Å²) in [5.74, 6) is 0.214. The number of fused-ring (bicyclic) bond motifs is 1. The summed E-state index contributed by atoms with van der Waals surface area (Å²) in [5.41, 5.74) is 2.32. The molecule has 0 fully saturated rings. The van der Waals surface area contributed by atoms with Gasteiger partial charge in [-0.2, -0.15) is 0 Å². The first-order chi connectivity index (χ1) is 14.7. The van der Waals surface area contributed by atoms with Crippen LogP contribution in [-0.2, 0) is 9.59 Å². The SMILES string of the molecule is CC1(C)CC(=O)C2=C(C1)N(c1ccc(F)c(Cl)c1)C(=O)CC2c1ccc2c(c1)OCO2. The summed E-state index contributed by atoms with van der Waals surface area (Å²) in [7, 11) is 0. The summed E-state index contributed by atoms with van der Waals surface area (Å²) in [6, 6.07) is 9.75. The van der Waals surface area contributed by atoms with Crippen molar-refractivity contribution in [3.63, 3.8) is 0 Å². The fourth-order valence-electron chi connectivity index (χ4n) is 4.75. The molecule has 1 aliphatic carbocycles. The fraction of sp³-hybridized carbons (Fsp3) is 0.333. The summed E-state index contributed by atoms with van der Waals surface area (Å²) in [4.78, 5) is 28.2. The first kappa shape index (κ1) is 20.1. The van der Waals surface area contributed by atoms with Crippen LogP contribution in [0.15, 0.2) is 47.7 Å². The minimum absolute atomic E-state index is 0.0274. The van der Waals surface area contributed by atoms with Gasteiger partial charge in [0.25, 0.3) is 0 Å². The summed E-state index contributed by atoms with van der Waals surface area (Å²) in [6.45, 7) is 4.18. The lowest BCUT2D eigenvalue weighted by Gasteiger charge is -2.43. The van der Waals surface area contributed by atoms with E-state index in [-0.39, 0.29) is 41.3 Å². The average Bonchev–Trinajstić information content (AvgIpc) is 3.16. The average molecular weight is 442 g/mol. The number of benzene rings is 2. The van der Waals surface area contributed by atoms with Crippen molar-refractivity contribution in [1.82, 2.24) is 0 Å². The fourth-order valence-corrected chi connectivity index (χ4v) is 4.93. The van der Waals surface area contributed by atoms with Gasteiger partial charge >= 0.3 is 0 Å². The van der Waals surface area contributed by atoms with Gasteiger partial charge in [-0.25, -0.2) is 4.39 Å². The third kappa shape index (κ3) is 3.39. The molecule has 160 valence electrons. The van der Waals surface area contributed by atoms with Crippen molar-refractivity contribution >= 4 is 29.0 Å². The third-order valence-corrected chi connectivity index (χ3v) is 6.39. The van der Waals surface area contributed by atoms with Crippen LogP contribution >= 0.6 is 11.6 Å². The molecule has 2 aromatic rings. The first-order valence-electron chi connectivity index (χ1n) is 10.2. The number of hydrogen-bond acceptors (Lipinski definition) is 4. The van der Waals surface area contributed by atoms with Crippen LogP contribution in [0.5, 0.6) is 11.5 Å². The van der Waals surface area contributed by atoms with E-state index in [9.17, 15) is 14.0 Å². The molecule has 0 bridgehead atoms. The molecule has 0 radical (unpaired) electrons. The number of ketones is 1. The Morgan fingerprint density at radius 3 is 2.61 bits per heavy atom. The van der Waals surface area contributed by atoms with Crippen LogP contribution in [0.3, 0.4) is 0 Å². The Labute approximate surface area is 184 Å². The van der Waals surface area contributed by atoms with Gasteiger partial charge in [-0.1, -0.05) is 31.5 Å². The zero-order chi connectivity index (χ0) is 21.9. The second-order valence-electron chi connectivity index (χ2n) is 9.00. The molecule has 0 N–H and O–H groups in total. The lowest BCUT2D eigenvalue weighted by Crippen LogP contribution is -2.43. The van der Waals surface area contributed by atoms with E-state index in [1.165, 1.54) is 18.2 Å². The smallest absolute Gasteiger partial charge is 0.232 e. The molecule has 7 heteroatoms. The van der Waals surface area contributed by atoms with E-state index >= 15 is 0 Å².